The molecule has 3 heteroatoms. The molecule has 0 amide bonds. The standard InChI is InChI=1S/C21H25.C8H11.C3H6.2ClH.Zr/c1-20(2,3)16-9-7-14-11-15-8-10-17(21(4,5)6)13-19(15)18(14)12-16;1-6-4-7(2)8(3)5-6;1-3-2;;;/h7-13H,1-6H3;4,6H,1-3H3;1-2H3;2*1H;/q;;;;;+2/p-2. The van der Waals surface area contributed by atoms with E-state index in [0.29, 0.717) is 9.54 Å². The Kier molecular flexibility index (Phi) is 9.19. The van der Waals surface area contributed by atoms with Crippen LogP contribution < -0.4 is 24.8 Å². The van der Waals surface area contributed by atoms with Gasteiger partial charge < -0.3 is 24.8 Å². The molecule has 2 aliphatic carbocycles. The van der Waals surface area contributed by atoms with Crippen molar-refractivity contribution in [3.8, 4) is 11.1 Å². The topological polar surface area (TPSA) is 0 Å². The molecular weight excluding hydrogens is 546 g/mol. The first-order chi connectivity index (χ1) is 15.2. The quantitative estimate of drug-likeness (QED) is 0.506. The average molecular weight is 589 g/mol. The summed E-state index contributed by atoms with van der Waals surface area (Å²) < 4.78 is 4.11. The molecule has 0 heterocycles. The SMILES string of the molecule is CC1=CC(C)[C]([Zr+2](=[C](C)C)[CH]2c3ccc(C(C)(C)C)cc3-c3cc(C(C)(C)C)ccc32)=C1C.[Cl-].[Cl-]. The van der Waals surface area contributed by atoms with Crippen LogP contribution in [0, 0.1) is 5.92 Å². The molecule has 0 radical (unpaired) electrons. The summed E-state index contributed by atoms with van der Waals surface area (Å²) in [5.41, 5.74) is 12.5. The largest absolute Gasteiger partial charge is 1.00 e. The van der Waals surface area contributed by atoms with Gasteiger partial charge >= 0.3 is 211 Å². The van der Waals surface area contributed by atoms with E-state index in [0.717, 1.165) is 0 Å². The summed E-state index contributed by atoms with van der Waals surface area (Å²) >= 11 is -2.18. The van der Waals surface area contributed by atoms with Crippen molar-refractivity contribution in [3.63, 3.8) is 0 Å². The summed E-state index contributed by atoms with van der Waals surface area (Å²) in [6.45, 7) is 26.0. The Morgan fingerprint density at radius 1 is 0.743 bits per heavy atom. The maximum absolute atomic E-state index is 2.52. The van der Waals surface area contributed by atoms with Crippen LogP contribution in [0.5, 0.6) is 0 Å². The van der Waals surface area contributed by atoms with Gasteiger partial charge in [-0.15, -0.1) is 0 Å². The number of rotatable bonds is 2. The second-order valence-corrected chi connectivity index (χ2v) is 19.9. The molecule has 0 nitrogen and oxygen atoms in total. The first kappa shape index (κ1) is 30.5. The van der Waals surface area contributed by atoms with E-state index < -0.39 is 21.3 Å². The molecule has 35 heavy (non-hydrogen) atoms. The molecule has 0 N–H and O–H groups in total. The van der Waals surface area contributed by atoms with Gasteiger partial charge in [-0.3, -0.25) is 0 Å². The van der Waals surface area contributed by atoms with Gasteiger partial charge in [0.1, 0.15) is 0 Å². The number of allylic oxidation sites excluding steroid dienone is 4. The Bertz CT molecular complexity index is 1160. The van der Waals surface area contributed by atoms with Crippen LogP contribution >= 0.6 is 0 Å². The van der Waals surface area contributed by atoms with Crippen LogP contribution in [0.1, 0.15) is 102 Å². The van der Waals surface area contributed by atoms with Gasteiger partial charge in [0.15, 0.2) is 0 Å². The third kappa shape index (κ3) is 5.44. The molecule has 0 bridgehead atoms. The zero-order chi connectivity index (χ0) is 24.5. The van der Waals surface area contributed by atoms with Gasteiger partial charge in [-0.2, -0.15) is 0 Å². The first-order valence-electron chi connectivity index (χ1n) is 12.6. The summed E-state index contributed by atoms with van der Waals surface area (Å²) in [7, 11) is 0. The average Bonchev–Trinajstić information content (AvgIpc) is 3.15. The molecule has 0 fully saturated rings. The molecule has 0 saturated heterocycles. The Balaban J connectivity index is 0.00000216. The van der Waals surface area contributed by atoms with Crippen LogP contribution in [0.15, 0.2) is 56.9 Å². The number of hydrogen-bond donors (Lipinski definition) is 0. The van der Waals surface area contributed by atoms with Crippen LogP contribution in [0.25, 0.3) is 11.1 Å². The molecular formula is C32H42Cl2Zr. The van der Waals surface area contributed by atoms with Crippen molar-refractivity contribution < 1.29 is 46.1 Å². The maximum atomic E-state index is 2.52. The fraction of sp³-hybridized carbons (Fsp3) is 0.469. The van der Waals surface area contributed by atoms with Gasteiger partial charge in [0.2, 0.25) is 0 Å². The summed E-state index contributed by atoms with van der Waals surface area (Å²) in [5, 5.41) is 0. The zero-order valence-electron chi connectivity index (χ0n) is 23.5. The van der Waals surface area contributed by atoms with E-state index in [4.69, 9.17) is 0 Å². The predicted octanol–water partition coefficient (Wildman–Crippen LogP) is 3.06. The Morgan fingerprint density at radius 3 is 1.49 bits per heavy atom. The first-order valence-corrected chi connectivity index (χ1v) is 16.5. The second-order valence-electron chi connectivity index (χ2n) is 12.6. The van der Waals surface area contributed by atoms with E-state index in [1.165, 1.54) is 27.8 Å². The summed E-state index contributed by atoms with van der Waals surface area (Å²) in [6, 6.07) is 14.9. The van der Waals surface area contributed by atoms with Crippen molar-refractivity contribution in [1.82, 2.24) is 0 Å². The van der Waals surface area contributed by atoms with Gasteiger partial charge in [-0.25, -0.2) is 0 Å². The molecule has 188 valence electrons. The Morgan fingerprint density at radius 2 is 1.17 bits per heavy atom. The minimum atomic E-state index is -2.18. The van der Waals surface area contributed by atoms with Crippen molar-refractivity contribution in [2.75, 3.05) is 0 Å². The molecule has 1 atom stereocenters. The summed E-state index contributed by atoms with van der Waals surface area (Å²) in [4.78, 5) is 0. The van der Waals surface area contributed by atoms with Crippen LogP contribution in [0.2, 0.25) is 0 Å². The fourth-order valence-corrected chi connectivity index (χ4v) is 15.0. The van der Waals surface area contributed by atoms with Gasteiger partial charge in [0.25, 0.3) is 0 Å². The summed E-state index contributed by atoms with van der Waals surface area (Å²) in [6.07, 6.45) is 2.51. The third-order valence-electron chi connectivity index (χ3n) is 7.82. The van der Waals surface area contributed by atoms with Gasteiger partial charge in [0.05, 0.1) is 0 Å². The Labute approximate surface area is 234 Å². The molecule has 4 rings (SSSR count). The maximum Gasteiger partial charge on any atom is -1.00 e. The molecule has 0 aliphatic heterocycles. The molecule has 0 saturated carbocycles. The molecule has 2 aromatic carbocycles. The molecule has 0 spiro atoms. The molecule has 1 unspecified atom stereocenters. The smallest absolute Gasteiger partial charge is 1.00 e. The monoisotopic (exact) mass is 586 g/mol. The number of benzene rings is 2. The number of fused-ring (bicyclic) bond motifs is 3. The van der Waals surface area contributed by atoms with E-state index in [1.54, 1.807) is 19.9 Å². The van der Waals surface area contributed by atoms with Crippen molar-refractivity contribution >= 4 is 3.21 Å². The fourth-order valence-electron chi connectivity index (χ4n) is 5.79. The van der Waals surface area contributed by atoms with Crippen LogP contribution in [-0.4, -0.2) is 3.21 Å². The minimum absolute atomic E-state index is 0. The van der Waals surface area contributed by atoms with E-state index in [-0.39, 0.29) is 35.6 Å². The zero-order valence-corrected chi connectivity index (χ0v) is 27.4. The van der Waals surface area contributed by atoms with Crippen molar-refractivity contribution in [2.45, 2.75) is 90.6 Å². The minimum Gasteiger partial charge on any atom is -1.00 e. The van der Waals surface area contributed by atoms with E-state index >= 15 is 0 Å². The van der Waals surface area contributed by atoms with E-state index in [1.807, 2.05) is 3.28 Å². The van der Waals surface area contributed by atoms with E-state index in [9.17, 15) is 0 Å². The summed E-state index contributed by atoms with van der Waals surface area (Å²) in [5.74, 6) is 0.587. The molecule has 2 aliphatic rings. The van der Waals surface area contributed by atoms with Gasteiger partial charge in [0, 0.05) is 0 Å². The van der Waals surface area contributed by atoms with Crippen LogP contribution in [0.3, 0.4) is 0 Å². The second kappa shape index (κ2) is 10.6. The normalized spacial score (nSPS) is 17.1. The van der Waals surface area contributed by atoms with Crippen molar-refractivity contribution in [2.24, 2.45) is 5.92 Å². The number of hydrogen-bond acceptors (Lipinski definition) is 0. The van der Waals surface area contributed by atoms with Gasteiger partial charge in [-0.1, -0.05) is 0 Å². The molecule has 0 aromatic heterocycles. The van der Waals surface area contributed by atoms with Crippen LogP contribution in [-0.2, 0) is 32.1 Å². The van der Waals surface area contributed by atoms with Crippen LogP contribution in [0.4, 0.5) is 0 Å². The Hall–Kier alpha value is -0.747. The van der Waals surface area contributed by atoms with E-state index in [2.05, 4.69) is 119 Å². The third-order valence-corrected chi connectivity index (χ3v) is 16.9. The van der Waals surface area contributed by atoms with Crippen molar-refractivity contribution in [1.29, 1.82) is 0 Å². The van der Waals surface area contributed by atoms with Gasteiger partial charge in [-0.05, 0) is 0 Å². The molecule has 2 aromatic rings. The van der Waals surface area contributed by atoms with Crippen molar-refractivity contribution in [3.05, 3.63) is 79.2 Å². The predicted molar refractivity (Wildman–Crippen MR) is 143 cm³/mol. The number of halogens is 2.